The third kappa shape index (κ3) is 4.15. The lowest BCUT2D eigenvalue weighted by Gasteiger charge is -2.16. The van der Waals surface area contributed by atoms with E-state index in [-0.39, 0.29) is 23.1 Å². The molecule has 2 fully saturated rings. The van der Waals surface area contributed by atoms with Gasteiger partial charge in [0.2, 0.25) is 0 Å². The van der Waals surface area contributed by atoms with Gasteiger partial charge in [0.15, 0.2) is 0 Å². The number of aromatic amines is 1. The van der Waals surface area contributed by atoms with Crippen molar-refractivity contribution in [3.05, 3.63) is 58.3 Å². The standard InChI is InChI=1S/C24H27N5O2/c1-14-19(11-20(26)18-4-2-3-5-21(18)30)23(27)28-22(14)16-8-9-29(13-16)24(31)17(12-25)10-15-6-7-15/h2-5,10-11,15-16,28,30H,6-9,13,26-27H2,1H3/b17-10+,20-11-. The number of benzene rings is 1. The predicted molar refractivity (Wildman–Crippen MR) is 120 cm³/mol. The minimum absolute atomic E-state index is 0.112. The summed E-state index contributed by atoms with van der Waals surface area (Å²) in [4.78, 5) is 17.8. The summed E-state index contributed by atoms with van der Waals surface area (Å²) in [6.07, 6.45) is 6.50. The molecule has 2 aromatic rings. The van der Waals surface area contributed by atoms with E-state index < -0.39 is 0 Å². The normalized spacial score (nSPS) is 19.5. The smallest absolute Gasteiger partial charge is 0.264 e. The van der Waals surface area contributed by atoms with Crippen molar-refractivity contribution in [2.45, 2.75) is 32.1 Å². The molecule has 1 aliphatic carbocycles. The van der Waals surface area contributed by atoms with Gasteiger partial charge < -0.3 is 26.5 Å². The van der Waals surface area contributed by atoms with E-state index in [0.29, 0.717) is 36.1 Å². The summed E-state index contributed by atoms with van der Waals surface area (Å²) < 4.78 is 0. The largest absolute Gasteiger partial charge is 0.507 e. The Balaban J connectivity index is 1.54. The summed E-state index contributed by atoms with van der Waals surface area (Å²) >= 11 is 0. The Hall–Kier alpha value is -3.66. The van der Waals surface area contributed by atoms with Crippen LogP contribution in [0.25, 0.3) is 11.8 Å². The fourth-order valence-corrected chi connectivity index (χ4v) is 4.20. The molecule has 2 aliphatic rings. The highest BCUT2D eigenvalue weighted by Gasteiger charge is 2.32. The van der Waals surface area contributed by atoms with Crippen molar-refractivity contribution < 1.29 is 9.90 Å². The van der Waals surface area contributed by atoms with Crippen LogP contribution in [-0.2, 0) is 4.79 Å². The van der Waals surface area contributed by atoms with E-state index in [2.05, 4.69) is 11.1 Å². The first-order valence-corrected chi connectivity index (χ1v) is 10.5. The second kappa shape index (κ2) is 8.23. The van der Waals surface area contributed by atoms with Crippen molar-refractivity contribution in [2.24, 2.45) is 11.7 Å². The number of H-pyrrole nitrogens is 1. The Morgan fingerprint density at radius 3 is 2.74 bits per heavy atom. The van der Waals surface area contributed by atoms with Crippen LogP contribution in [0, 0.1) is 24.2 Å². The number of phenolic OH excluding ortho intramolecular Hbond substituents is 1. The molecule has 0 radical (unpaired) electrons. The van der Waals surface area contributed by atoms with Crippen LogP contribution >= 0.6 is 0 Å². The van der Waals surface area contributed by atoms with Gasteiger partial charge in [-0.05, 0) is 55.9 Å². The van der Waals surface area contributed by atoms with E-state index in [1.807, 2.05) is 19.1 Å². The zero-order chi connectivity index (χ0) is 22.1. The second-order valence-electron chi connectivity index (χ2n) is 8.37. The first-order valence-electron chi connectivity index (χ1n) is 10.5. The number of carbonyl (C=O) groups is 1. The molecule has 1 amide bonds. The Morgan fingerprint density at radius 2 is 2.06 bits per heavy atom. The SMILES string of the molecule is Cc1c(C2CCN(C(=O)/C(C#N)=C/C3CC3)C2)[nH]c(N)c1/C=C(\N)c1ccccc1O. The third-order valence-corrected chi connectivity index (χ3v) is 6.14. The van der Waals surface area contributed by atoms with E-state index >= 15 is 0 Å². The van der Waals surface area contributed by atoms with Crippen molar-refractivity contribution in [3.63, 3.8) is 0 Å². The van der Waals surface area contributed by atoms with Gasteiger partial charge in [-0.1, -0.05) is 18.2 Å². The number of para-hydroxylation sites is 1. The molecule has 0 spiro atoms. The zero-order valence-electron chi connectivity index (χ0n) is 17.6. The van der Waals surface area contributed by atoms with Gasteiger partial charge in [-0.3, -0.25) is 4.79 Å². The van der Waals surface area contributed by atoms with Gasteiger partial charge in [0, 0.05) is 41.5 Å². The molecule has 7 nitrogen and oxygen atoms in total. The summed E-state index contributed by atoms with van der Waals surface area (Å²) in [6.45, 7) is 3.13. The number of likely N-dealkylation sites (tertiary alicyclic amines) is 1. The number of nitriles is 1. The number of allylic oxidation sites excluding steroid dienone is 1. The van der Waals surface area contributed by atoms with Gasteiger partial charge in [0.1, 0.15) is 23.2 Å². The Labute approximate surface area is 181 Å². The Kier molecular flexibility index (Phi) is 5.47. The summed E-state index contributed by atoms with van der Waals surface area (Å²) in [5, 5.41) is 19.4. The number of nitrogen functional groups attached to an aromatic ring is 1. The minimum atomic E-state index is -0.182. The molecule has 6 N–H and O–H groups in total. The van der Waals surface area contributed by atoms with Gasteiger partial charge in [0.05, 0.1) is 0 Å². The molecule has 2 heterocycles. The number of rotatable bonds is 5. The van der Waals surface area contributed by atoms with Crippen molar-refractivity contribution in [1.82, 2.24) is 9.88 Å². The van der Waals surface area contributed by atoms with E-state index in [1.54, 1.807) is 29.2 Å². The number of aromatic hydroxyl groups is 1. The molecule has 1 saturated heterocycles. The molecule has 1 aromatic carbocycles. The molecule has 1 atom stereocenters. The molecule has 160 valence electrons. The van der Waals surface area contributed by atoms with Gasteiger partial charge in [-0.15, -0.1) is 0 Å². The number of nitrogens with two attached hydrogens (primary N) is 2. The number of aromatic nitrogens is 1. The number of amides is 1. The van der Waals surface area contributed by atoms with Gasteiger partial charge >= 0.3 is 0 Å². The van der Waals surface area contributed by atoms with Gasteiger partial charge in [-0.2, -0.15) is 5.26 Å². The third-order valence-electron chi connectivity index (χ3n) is 6.14. The quantitative estimate of drug-likeness (QED) is 0.438. The predicted octanol–water partition coefficient (Wildman–Crippen LogP) is 3.24. The van der Waals surface area contributed by atoms with Crippen LogP contribution in [0.3, 0.4) is 0 Å². The van der Waals surface area contributed by atoms with E-state index in [4.69, 9.17) is 11.5 Å². The van der Waals surface area contributed by atoms with Crippen LogP contribution in [0.1, 0.15) is 47.6 Å². The summed E-state index contributed by atoms with van der Waals surface area (Å²) in [5.74, 6) is 0.924. The summed E-state index contributed by atoms with van der Waals surface area (Å²) in [6, 6.07) is 8.97. The number of anilines is 1. The average Bonchev–Trinajstić information content (AvgIpc) is 3.37. The van der Waals surface area contributed by atoms with Crippen LogP contribution in [0.5, 0.6) is 5.75 Å². The second-order valence-corrected chi connectivity index (χ2v) is 8.37. The Bertz CT molecular complexity index is 1120. The Morgan fingerprint density at radius 1 is 1.32 bits per heavy atom. The van der Waals surface area contributed by atoms with Crippen LogP contribution in [0.15, 0.2) is 35.9 Å². The fraction of sp³-hybridized carbons (Fsp3) is 0.333. The molecule has 4 rings (SSSR count). The number of hydrogen-bond donors (Lipinski definition) is 4. The first kappa shape index (κ1) is 20.6. The maximum atomic E-state index is 12.8. The number of carbonyl (C=O) groups excluding carboxylic acids is 1. The topological polar surface area (TPSA) is 132 Å². The lowest BCUT2D eigenvalue weighted by Crippen LogP contribution is -2.29. The average molecular weight is 418 g/mol. The maximum absolute atomic E-state index is 12.8. The van der Waals surface area contributed by atoms with E-state index in [1.165, 1.54) is 0 Å². The van der Waals surface area contributed by atoms with Crippen LogP contribution < -0.4 is 11.5 Å². The lowest BCUT2D eigenvalue weighted by atomic mass is 9.99. The van der Waals surface area contributed by atoms with Crippen molar-refractivity contribution in [1.29, 1.82) is 5.26 Å². The molecule has 1 saturated carbocycles. The first-order chi connectivity index (χ1) is 14.9. The summed E-state index contributed by atoms with van der Waals surface area (Å²) in [7, 11) is 0. The molecular formula is C24H27N5O2. The molecular weight excluding hydrogens is 390 g/mol. The minimum Gasteiger partial charge on any atom is -0.507 e. The fourth-order valence-electron chi connectivity index (χ4n) is 4.20. The monoisotopic (exact) mass is 417 g/mol. The number of nitrogens with one attached hydrogen (secondary N) is 1. The van der Waals surface area contributed by atoms with Crippen molar-refractivity contribution in [3.8, 4) is 11.8 Å². The highest BCUT2D eigenvalue weighted by atomic mass is 16.3. The highest BCUT2D eigenvalue weighted by molar-refractivity contribution is 5.97. The van der Waals surface area contributed by atoms with Crippen molar-refractivity contribution >= 4 is 23.5 Å². The summed E-state index contributed by atoms with van der Waals surface area (Å²) in [5.41, 5.74) is 16.4. The number of hydrogen-bond acceptors (Lipinski definition) is 5. The van der Waals surface area contributed by atoms with Gasteiger partial charge in [0.25, 0.3) is 5.91 Å². The van der Waals surface area contributed by atoms with Crippen molar-refractivity contribution in [2.75, 3.05) is 18.8 Å². The van der Waals surface area contributed by atoms with E-state index in [9.17, 15) is 15.2 Å². The highest BCUT2D eigenvalue weighted by Crippen LogP contribution is 2.36. The van der Waals surface area contributed by atoms with Crippen LogP contribution in [0.4, 0.5) is 5.82 Å². The number of phenols is 1. The molecule has 31 heavy (non-hydrogen) atoms. The molecule has 1 aromatic heterocycles. The van der Waals surface area contributed by atoms with Gasteiger partial charge in [-0.25, -0.2) is 0 Å². The lowest BCUT2D eigenvalue weighted by molar-refractivity contribution is -0.125. The molecule has 1 unspecified atom stereocenters. The molecule has 0 bridgehead atoms. The molecule has 1 aliphatic heterocycles. The molecule has 7 heteroatoms. The number of nitrogens with zero attached hydrogens (tertiary/aromatic N) is 2. The van der Waals surface area contributed by atoms with Crippen LogP contribution in [-0.4, -0.2) is 34.0 Å². The maximum Gasteiger partial charge on any atom is 0.264 e. The van der Waals surface area contributed by atoms with Crippen LogP contribution in [0.2, 0.25) is 0 Å². The van der Waals surface area contributed by atoms with E-state index in [0.717, 1.165) is 36.1 Å². The zero-order valence-corrected chi connectivity index (χ0v) is 17.6.